The summed E-state index contributed by atoms with van der Waals surface area (Å²) in [6, 6.07) is 7.57. The molecule has 0 amide bonds. The predicted molar refractivity (Wildman–Crippen MR) is 75.0 cm³/mol. The molecule has 0 aliphatic carbocycles. The average molecular weight is 297 g/mol. The number of aliphatic hydroxyl groups excluding tert-OH is 1. The van der Waals surface area contributed by atoms with Crippen LogP contribution in [0.15, 0.2) is 29.4 Å². The molecule has 1 aromatic heterocycles. The molecule has 3 rings (SSSR count). The second-order valence-electron chi connectivity index (χ2n) is 4.27. The molecule has 0 radical (unpaired) electrons. The number of hydrogen-bond donors (Lipinski definition) is 1. The highest BCUT2D eigenvalue weighted by Gasteiger charge is 2.21. The van der Waals surface area contributed by atoms with Crippen LogP contribution in [0.25, 0.3) is 11.4 Å². The van der Waals surface area contributed by atoms with Gasteiger partial charge in [-0.2, -0.15) is 0 Å². The second-order valence-corrected chi connectivity index (χ2v) is 5.62. The van der Waals surface area contributed by atoms with Gasteiger partial charge in [-0.3, -0.25) is 9.47 Å². The van der Waals surface area contributed by atoms with Crippen LogP contribution in [0.2, 0.25) is 5.02 Å². The zero-order valence-electron chi connectivity index (χ0n) is 10.2. The number of thioether (sulfide) groups is 1. The molecule has 0 atom stereocenters. The van der Waals surface area contributed by atoms with Gasteiger partial charge in [-0.05, 0) is 24.3 Å². The molecule has 7 heteroatoms. The molecule has 0 spiro atoms. The fraction of sp³-hybridized carbons (Fsp3) is 0.333. The van der Waals surface area contributed by atoms with Gasteiger partial charge in [0.25, 0.3) is 0 Å². The average Bonchev–Trinajstić information content (AvgIpc) is 2.83. The molecule has 0 bridgehead atoms. The Labute approximate surface area is 120 Å². The molecule has 1 aliphatic heterocycles. The minimum absolute atomic E-state index is 0.161. The van der Waals surface area contributed by atoms with E-state index < -0.39 is 0 Å². The number of benzene rings is 1. The summed E-state index contributed by atoms with van der Waals surface area (Å²) < 4.78 is 2.06. The quantitative estimate of drug-likeness (QED) is 0.938. The largest absolute Gasteiger partial charge is 0.395 e. The third-order valence-electron chi connectivity index (χ3n) is 2.95. The lowest BCUT2D eigenvalue weighted by molar-refractivity contribution is 0.178. The summed E-state index contributed by atoms with van der Waals surface area (Å²) in [5, 5.41) is 19.1. The first kappa shape index (κ1) is 12.9. The van der Waals surface area contributed by atoms with Crippen LogP contribution < -0.4 is 0 Å². The number of hydrogen-bond acceptors (Lipinski definition) is 5. The van der Waals surface area contributed by atoms with Gasteiger partial charge in [-0.1, -0.05) is 23.4 Å². The number of aliphatic hydroxyl groups is 1. The third kappa shape index (κ3) is 2.62. The summed E-state index contributed by atoms with van der Waals surface area (Å²) in [5.41, 5.74) is 0.995. The summed E-state index contributed by atoms with van der Waals surface area (Å²) in [5.74, 6) is 1.67. The zero-order valence-corrected chi connectivity index (χ0v) is 11.7. The van der Waals surface area contributed by atoms with Crippen LogP contribution in [0.5, 0.6) is 0 Å². The van der Waals surface area contributed by atoms with Gasteiger partial charge in [0.15, 0.2) is 11.0 Å². The molecular formula is C12H13ClN4OS. The zero-order chi connectivity index (χ0) is 13.2. The molecule has 0 saturated carbocycles. The minimum Gasteiger partial charge on any atom is -0.395 e. The van der Waals surface area contributed by atoms with Crippen molar-refractivity contribution >= 4 is 23.4 Å². The van der Waals surface area contributed by atoms with Crippen molar-refractivity contribution < 1.29 is 5.11 Å². The molecule has 0 fully saturated rings. The van der Waals surface area contributed by atoms with Gasteiger partial charge in [0.05, 0.1) is 19.2 Å². The highest BCUT2D eigenvalue weighted by Crippen LogP contribution is 2.29. The van der Waals surface area contributed by atoms with Crippen LogP contribution >= 0.6 is 23.4 Å². The van der Waals surface area contributed by atoms with Gasteiger partial charge >= 0.3 is 0 Å². The number of β-amino-alcohol motifs (C(OH)–C–C–N with tert-alkyl or cyclic N) is 1. The first-order valence-corrected chi connectivity index (χ1v) is 7.29. The lowest BCUT2D eigenvalue weighted by Crippen LogP contribution is -2.32. The standard InChI is InChI=1S/C12H13ClN4OS/c13-10-3-1-9(2-4-10)11-14-15-12-17(11)7-16(5-6-18)8-19-12/h1-4,18H,5-8H2. The van der Waals surface area contributed by atoms with Gasteiger partial charge in [-0.15, -0.1) is 10.2 Å². The second kappa shape index (κ2) is 5.50. The Morgan fingerprint density at radius 2 is 2.05 bits per heavy atom. The highest BCUT2D eigenvalue weighted by atomic mass is 35.5. The van der Waals surface area contributed by atoms with Crippen LogP contribution in [-0.4, -0.2) is 43.8 Å². The fourth-order valence-corrected chi connectivity index (χ4v) is 3.04. The van der Waals surface area contributed by atoms with Crippen molar-refractivity contribution in [2.75, 3.05) is 19.0 Å². The molecule has 2 heterocycles. The number of aromatic nitrogens is 3. The van der Waals surface area contributed by atoms with E-state index in [0.717, 1.165) is 22.4 Å². The van der Waals surface area contributed by atoms with Crippen molar-refractivity contribution in [1.82, 2.24) is 19.7 Å². The van der Waals surface area contributed by atoms with E-state index in [1.807, 2.05) is 24.3 Å². The summed E-state index contributed by atoms with van der Waals surface area (Å²) in [4.78, 5) is 2.15. The normalized spacial score (nSPS) is 15.5. The van der Waals surface area contributed by atoms with E-state index in [2.05, 4.69) is 19.7 Å². The topological polar surface area (TPSA) is 54.2 Å². The van der Waals surface area contributed by atoms with Crippen molar-refractivity contribution in [1.29, 1.82) is 0 Å². The van der Waals surface area contributed by atoms with Crippen LogP contribution in [0.1, 0.15) is 0 Å². The van der Waals surface area contributed by atoms with Crippen molar-refractivity contribution in [2.45, 2.75) is 11.8 Å². The molecule has 100 valence electrons. The molecule has 2 aromatic rings. The number of rotatable bonds is 3. The SMILES string of the molecule is OCCN1CSc2nnc(-c3ccc(Cl)cc3)n2C1. The first-order valence-electron chi connectivity index (χ1n) is 5.93. The van der Waals surface area contributed by atoms with E-state index in [1.54, 1.807) is 11.8 Å². The molecule has 5 nitrogen and oxygen atoms in total. The minimum atomic E-state index is 0.161. The fourth-order valence-electron chi connectivity index (χ4n) is 2.00. The molecular weight excluding hydrogens is 284 g/mol. The maximum atomic E-state index is 9.03. The monoisotopic (exact) mass is 296 g/mol. The Bertz CT molecular complexity index is 572. The number of halogens is 1. The summed E-state index contributed by atoms with van der Waals surface area (Å²) in [6.45, 7) is 1.52. The van der Waals surface area contributed by atoms with Crippen LogP contribution in [-0.2, 0) is 6.67 Å². The van der Waals surface area contributed by atoms with Crippen LogP contribution in [0.3, 0.4) is 0 Å². The van der Waals surface area contributed by atoms with Gasteiger partial charge in [0.1, 0.15) is 0 Å². The van der Waals surface area contributed by atoms with E-state index >= 15 is 0 Å². The molecule has 1 N–H and O–H groups in total. The Balaban J connectivity index is 1.92. The molecule has 19 heavy (non-hydrogen) atoms. The number of fused-ring (bicyclic) bond motifs is 1. The van der Waals surface area contributed by atoms with E-state index in [-0.39, 0.29) is 6.61 Å². The molecule has 0 unspecified atom stereocenters. The molecule has 1 aromatic carbocycles. The van der Waals surface area contributed by atoms with E-state index in [9.17, 15) is 0 Å². The molecule has 0 saturated heterocycles. The van der Waals surface area contributed by atoms with Gasteiger partial charge in [-0.25, -0.2) is 0 Å². The van der Waals surface area contributed by atoms with Crippen molar-refractivity contribution in [3.05, 3.63) is 29.3 Å². The van der Waals surface area contributed by atoms with Crippen molar-refractivity contribution in [3.63, 3.8) is 0 Å². The Hall–Kier alpha value is -1.08. The summed E-state index contributed by atoms with van der Waals surface area (Å²) >= 11 is 7.53. The van der Waals surface area contributed by atoms with Crippen LogP contribution in [0.4, 0.5) is 0 Å². The Kier molecular flexibility index (Phi) is 3.74. The van der Waals surface area contributed by atoms with Gasteiger partial charge in [0, 0.05) is 17.1 Å². The van der Waals surface area contributed by atoms with E-state index in [1.165, 1.54) is 0 Å². The van der Waals surface area contributed by atoms with Crippen molar-refractivity contribution in [2.24, 2.45) is 0 Å². The van der Waals surface area contributed by atoms with Crippen LogP contribution in [0, 0.1) is 0 Å². The third-order valence-corrected chi connectivity index (χ3v) is 4.26. The molecule has 1 aliphatic rings. The smallest absolute Gasteiger partial charge is 0.193 e. The highest BCUT2D eigenvalue weighted by molar-refractivity contribution is 7.99. The first-order chi connectivity index (χ1) is 9.28. The van der Waals surface area contributed by atoms with Gasteiger partial charge < -0.3 is 5.11 Å². The van der Waals surface area contributed by atoms with E-state index in [0.29, 0.717) is 18.2 Å². The summed E-state index contributed by atoms with van der Waals surface area (Å²) in [6.07, 6.45) is 0. The Morgan fingerprint density at radius 3 is 2.79 bits per heavy atom. The van der Waals surface area contributed by atoms with Gasteiger partial charge in [0.2, 0.25) is 0 Å². The summed E-state index contributed by atoms with van der Waals surface area (Å²) in [7, 11) is 0. The lowest BCUT2D eigenvalue weighted by atomic mass is 10.2. The maximum absolute atomic E-state index is 9.03. The Morgan fingerprint density at radius 1 is 1.26 bits per heavy atom. The number of nitrogens with zero attached hydrogens (tertiary/aromatic N) is 4. The van der Waals surface area contributed by atoms with Crippen molar-refractivity contribution in [3.8, 4) is 11.4 Å². The maximum Gasteiger partial charge on any atom is 0.193 e. The van der Waals surface area contributed by atoms with E-state index in [4.69, 9.17) is 16.7 Å². The predicted octanol–water partition coefficient (Wildman–Crippen LogP) is 1.91. The lowest BCUT2D eigenvalue weighted by Gasteiger charge is -2.26.